The van der Waals surface area contributed by atoms with Crippen LogP contribution in [0.3, 0.4) is 0 Å². The van der Waals surface area contributed by atoms with E-state index in [4.69, 9.17) is 9.63 Å². The van der Waals surface area contributed by atoms with E-state index >= 15 is 0 Å². The summed E-state index contributed by atoms with van der Waals surface area (Å²) >= 11 is 0. The molecule has 0 radical (unpaired) electrons. The molecule has 0 spiro atoms. The predicted octanol–water partition coefficient (Wildman–Crippen LogP) is 0.507. The van der Waals surface area contributed by atoms with Crippen molar-refractivity contribution in [3.8, 4) is 0 Å². The zero-order valence-corrected chi connectivity index (χ0v) is 8.31. The Labute approximate surface area is 82.7 Å². The van der Waals surface area contributed by atoms with Crippen LogP contribution in [-0.4, -0.2) is 39.8 Å². The third-order valence-corrected chi connectivity index (χ3v) is 2.58. The summed E-state index contributed by atoms with van der Waals surface area (Å²) in [6, 6.07) is 0.211. The van der Waals surface area contributed by atoms with Crippen molar-refractivity contribution in [1.29, 1.82) is 0 Å². The van der Waals surface area contributed by atoms with Crippen LogP contribution in [0.2, 0.25) is 0 Å². The summed E-state index contributed by atoms with van der Waals surface area (Å²) in [7, 11) is 0. The van der Waals surface area contributed by atoms with Crippen LogP contribution in [0.1, 0.15) is 30.6 Å². The SMILES string of the molecule is Cc1noc([C@H]2CCCN2CCO)n1. The molecule has 5 heteroatoms. The third kappa shape index (κ3) is 1.78. The quantitative estimate of drug-likeness (QED) is 0.764. The van der Waals surface area contributed by atoms with Gasteiger partial charge in [0, 0.05) is 6.54 Å². The van der Waals surface area contributed by atoms with Crippen molar-refractivity contribution in [2.24, 2.45) is 0 Å². The molecule has 1 aromatic heterocycles. The number of nitrogens with zero attached hydrogens (tertiary/aromatic N) is 3. The number of β-amino-alcohol motifs (C(OH)–C–C–N with tert-alkyl or cyclic N) is 1. The summed E-state index contributed by atoms with van der Waals surface area (Å²) < 4.78 is 5.14. The lowest BCUT2D eigenvalue weighted by atomic mass is 10.2. The molecule has 0 aliphatic carbocycles. The van der Waals surface area contributed by atoms with Crippen LogP contribution >= 0.6 is 0 Å². The fourth-order valence-corrected chi connectivity index (χ4v) is 1.95. The van der Waals surface area contributed by atoms with Gasteiger partial charge in [-0.05, 0) is 26.3 Å². The number of hydrogen-bond acceptors (Lipinski definition) is 5. The summed E-state index contributed by atoms with van der Waals surface area (Å²) in [4.78, 5) is 6.41. The highest BCUT2D eigenvalue weighted by atomic mass is 16.5. The monoisotopic (exact) mass is 197 g/mol. The molecule has 1 aliphatic rings. The Balaban J connectivity index is 2.09. The van der Waals surface area contributed by atoms with Crippen LogP contribution < -0.4 is 0 Å². The number of likely N-dealkylation sites (tertiary alicyclic amines) is 1. The molecule has 14 heavy (non-hydrogen) atoms. The van der Waals surface area contributed by atoms with Gasteiger partial charge in [-0.25, -0.2) is 0 Å². The van der Waals surface area contributed by atoms with Crippen molar-refractivity contribution in [3.63, 3.8) is 0 Å². The standard InChI is InChI=1S/C9H15N3O2/c1-7-10-9(14-11-7)8-3-2-4-12(8)5-6-13/h8,13H,2-6H2,1H3/t8-/m1/s1. The maximum atomic E-state index is 8.89. The number of aliphatic hydroxyl groups excluding tert-OH is 1. The van der Waals surface area contributed by atoms with Gasteiger partial charge in [-0.1, -0.05) is 5.16 Å². The molecule has 0 saturated carbocycles. The first-order chi connectivity index (χ1) is 6.81. The predicted molar refractivity (Wildman–Crippen MR) is 49.7 cm³/mol. The van der Waals surface area contributed by atoms with E-state index in [1.165, 1.54) is 0 Å². The first kappa shape index (κ1) is 9.61. The van der Waals surface area contributed by atoms with Crippen LogP contribution in [0.5, 0.6) is 0 Å². The van der Waals surface area contributed by atoms with Crippen LogP contribution in [0.25, 0.3) is 0 Å². The molecule has 1 saturated heterocycles. The van der Waals surface area contributed by atoms with Gasteiger partial charge in [-0.15, -0.1) is 0 Å². The second kappa shape index (κ2) is 4.06. The molecular weight excluding hydrogens is 182 g/mol. The lowest BCUT2D eigenvalue weighted by Crippen LogP contribution is -2.26. The molecule has 0 bridgehead atoms. The fourth-order valence-electron chi connectivity index (χ4n) is 1.95. The number of aryl methyl sites for hydroxylation is 1. The highest BCUT2D eigenvalue weighted by Crippen LogP contribution is 2.29. The second-order valence-electron chi connectivity index (χ2n) is 3.60. The molecule has 1 fully saturated rings. The van der Waals surface area contributed by atoms with Crippen molar-refractivity contribution in [3.05, 3.63) is 11.7 Å². The first-order valence-corrected chi connectivity index (χ1v) is 4.96. The van der Waals surface area contributed by atoms with Gasteiger partial charge in [-0.3, -0.25) is 4.90 Å². The summed E-state index contributed by atoms with van der Waals surface area (Å²) in [5.74, 6) is 1.37. The minimum Gasteiger partial charge on any atom is -0.395 e. The molecule has 78 valence electrons. The van der Waals surface area contributed by atoms with Crippen molar-refractivity contribution in [2.75, 3.05) is 19.7 Å². The van der Waals surface area contributed by atoms with Gasteiger partial charge in [-0.2, -0.15) is 4.98 Å². The zero-order valence-electron chi connectivity index (χ0n) is 8.31. The van der Waals surface area contributed by atoms with Crippen LogP contribution in [0.4, 0.5) is 0 Å². The largest absolute Gasteiger partial charge is 0.395 e. The van der Waals surface area contributed by atoms with Crippen molar-refractivity contribution >= 4 is 0 Å². The molecule has 5 nitrogen and oxygen atoms in total. The Morgan fingerprint density at radius 1 is 1.64 bits per heavy atom. The van der Waals surface area contributed by atoms with Crippen LogP contribution in [0, 0.1) is 6.92 Å². The van der Waals surface area contributed by atoms with E-state index in [0.29, 0.717) is 18.3 Å². The number of hydrogen-bond donors (Lipinski definition) is 1. The normalized spacial score (nSPS) is 23.1. The molecule has 1 N–H and O–H groups in total. The van der Waals surface area contributed by atoms with Gasteiger partial charge in [0.15, 0.2) is 5.82 Å². The van der Waals surface area contributed by atoms with Gasteiger partial charge >= 0.3 is 0 Å². The Kier molecular flexibility index (Phi) is 2.79. The summed E-state index contributed by atoms with van der Waals surface area (Å²) in [6.07, 6.45) is 2.17. The molecular formula is C9H15N3O2. The second-order valence-corrected chi connectivity index (χ2v) is 3.60. The minimum atomic E-state index is 0.184. The molecule has 0 amide bonds. The third-order valence-electron chi connectivity index (χ3n) is 2.58. The van der Waals surface area contributed by atoms with E-state index in [1.807, 2.05) is 6.92 Å². The number of aliphatic hydroxyl groups is 1. The Bertz CT molecular complexity index is 300. The lowest BCUT2D eigenvalue weighted by Gasteiger charge is -2.19. The smallest absolute Gasteiger partial charge is 0.243 e. The Morgan fingerprint density at radius 2 is 2.50 bits per heavy atom. The van der Waals surface area contributed by atoms with Crippen molar-refractivity contribution in [2.45, 2.75) is 25.8 Å². The van der Waals surface area contributed by atoms with E-state index in [0.717, 1.165) is 19.4 Å². The van der Waals surface area contributed by atoms with Gasteiger partial charge in [0.05, 0.1) is 12.6 Å². The maximum absolute atomic E-state index is 8.89. The maximum Gasteiger partial charge on any atom is 0.243 e. The van der Waals surface area contributed by atoms with Crippen molar-refractivity contribution in [1.82, 2.24) is 15.0 Å². The molecule has 1 aromatic rings. The van der Waals surface area contributed by atoms with Crippen LogP contribution in [0.15, 0.2) is 4.52 Å². The molecule has 0 unspecified atom stereocenters. The van der Waals surface area contributed by atoms with E-state index in [2.05, 4.69) is 15.0 Å². The molecule has 2 rings (SSSR count). The fraction of sp³-hybridized carbons (Fsp3) is 0.778. The molecule has 1 aliphatic heterocycles. The summed E-state index contributed by atoms with van der Waals surface area (Å²) in [5.41, 5.74) is 0. The molecule has 1 atom stereocenters. The molecule has 2 heterocycles. The Hall–Kier alpha value is -0.940. The zero-order chi connectivity index (χ0) is 9.97. The minimum absolute atomic E-state index is 0.184. The van der Waals surface area contributed by atoms with Crippen molar-refractivity contribution < 1.29 is 9.63 Å². The highest BCUT2D eigenvalue weighted by Gasteiger charge is 2.29. The number of aromatic nitrogens is 2. The van der Waals surface area contributed by atoms with Gasteiger partial charge in [0.1, 0.15) is 0 Å². The number of rotatable bonds is 3. The van der Waals surface area contributed by atoms with E-state index in [9.17, 15) is 0 Å². The lowest BCUT2D eigenvalue weighted by molar-refractivity contribution is 0.163. The summed E-state index contributed by atoms with van der Waals surface area (Å²) in [5, 5.41) is 12.7. The Morgan fingerprint density at radius 3 is 3.14 bits per heavy atom. The van der Waals surface area contributed by atoms with Crippen LogP contribution in [-0.2, 0) is 0 Å². The van der Waals surface area contributed by atoms with Gasteiger partial charge in [0.25, 0.3) is 0 Å². The van der Waals surface area contributed by atoms with E-state index in [-0.39, 0.29) is 12.6 Å². The highest BCUT2D eigenvalue weighted by molar-refractivity contribution is 4.95. The van der Waals surface area contributed by atoms with E-state index < -0.39 is 0 Å². The topological polar surface area (TPSA) is 62.4 Å². The van der Waals surface area contributed by atoms with E-state index in [1.54, 1.807) is 0 Å². The molecule has 0 aromatic carbocycles. The summed E-state index contributed by atoms with van der Waals surface area (Å²) in [6.45, 7) is 3.70. The average Bonchev–Trinajstić information content (AvgIpc) is 2.74. The first-order valence-electron chi connectivity index (χ1n) is 4.96. The van der Waals surface area contributed by atoms with Gasteiger partial charge < -0.3 is 9.63 Å². The van der Waals surface area contributed by atoms with Gasteiger partial charge in [0.2, 0.25) is 5.89 Å². The average molecular weight is 197 g/mol.